The predicted molar refractivity (Wildman–Crippen MR) is 35.1 cm³/mol. The number of hydrogen-bond acceptors (Lipinski definition) is 2. The van der Waals surface area contributed by atoms with Gasteiger partial charge in [-0.1, -0.05) is 6.08 Å². The Morgan fingerprint density at radius 1 is 1.75 bits per heavy atom. The van der Waals surface area contributed by atoms with E-state index >= 15 is 0 Å². The van der Waals surface area contributed by atoms with Gasteiger partial charge in [0.25, 0.3) is 0 Å². The Bertz CT molecular complexity index is 124. The highest BCUT2D eigenvalue weighted by molar-refractivity contribution is 5.71. The van der Waals surface area contributed by atoms with Crippen LogP contribution in [0.1, 0.15) is 6.92 Å². The summed E-state index contributed by atoms with van der Waals surface area (Å²) in [7, 11) is 0. The highest BCUT2D eigenvalue weighted by Gasteiger charge is 1.69. The zero-order chi connectivity index (χ0) is 6.41. The molecular formula is C6H9NO. The van der Waals surface area contributed by atoms with Gasteiger partial charge < -0.3 is 5.11 Å². The van der Waals surface area contributed by atoms with Crippen molar-refractivity contribution < 1.29 is 5.11 Å². The second-order valence-electron chi connectivity index (χ2n) is 1.22. The summed E-state index contributed by atoms with van der Waals surface area (Å²) in [5.41, 5.74) is 0. The van der Waals surface area contributed by atoms with Crippen LogP contribution in [0.4, 0.5) is 0 Å². The smallest absolute Gasteiger partial charge is 0.203 e. The Hall–Kier alpha value is -1.05. The van der Waals surface area contributed by atoms with Crippen LogP contribution in [0.2, 0.25) is 0 Å². The molecule has 2 nitrogen and oxygen atoms in total. The standard InChI is InChI=1S/C6H9NO/c1-3-4-5-7-6(2)8/h3-5,8H,2H2,1H3/b4-3-,7-5-. The molecule has 0 aliphatic rings. The molecule has 0 aromatic rings. The predicted octanol–water partition coefficient (Wildman–Crippen LogP) is 1.66. The van der Waals surface area contributed by atoms with Gasteiger partial charge in [-0.25, -0.2) is 4.99 Å². The van der Waals surface area contributed by atoms with Gasteiger partial charge in [-0.3, -0.25) is 0 Å². The third kappa shape index (κ3) is 4.95. The fourth-order valence-electron chi connectivity index (χ4n) is 0.215. The van der Waals surface area contributed by atoms with Gasteiger partial charge in [0.05, 0.1) is 0 Å². The quantitative estimate of drug-likeness (QED) is 0.426. The normalized spacial score (nSPS) is 11.1. The van der Waals surface area contributed by atoms with Crippen molar-refractivity contribution in [2.45, 2.75) is 6.92 Å². The first kappa shape index (κ1) is 6.95. The van der Waals surface area contributed by atoms with Crippen molar-refractivity contribution in [3.63, 3.8) is 0 Å². The van der Waals surface area contributed by atoms with E-state index in [9.17, 15) is 0 Å². The van der Waals surface area contributed by atoms with Crippen molar-refractivity contribution >= 4 is 6.21 Å². The van der Waals surface area contributed by atoms with Gasteiger partial charge >= 0.3 is 0 Å². The van der Waals surface area contributed by atoms with Crippen LogP contribution < -0.4 is 0 Å². The molecule has 0 spiro atoms. The number of nitrogens with zero attached hydrogens (tertiary/aromatic N) is 1. The average Bonchev–Trinajstić information content (AvgIpc) is 1.66. The molecule has 0 aromatic heterocycles. The molecule has 0 aliphatic heterocycles. The highest BCUT2D eigenvalue weighted by Crippen LogP contribution is 1.79. The lowest BCUT2D eigenvalue weighted by molar-refractivity contribution is 0.410. The lowest BCUT2D eigenvalue weighted by Crippen LogP contribution is -1.68. The molecular weight excluding hydrogens is 102 g/mol. The van der Waals surface area contributed by atoms with E-state index < -0.39 is 0 Å². The SMILES string of the molecule is C=C(O)/N=C\C=C/C. The molecule has 0 radical (unpaired) electrons. The molecule has 0 aromatic carbocycles. The van der Waals surface area contributed by atoms with E-state index in [1.54, 1.807) is 6.08 Å². The fraction of sp³-hybridized carbons (Fsp3) is 0.167. The summed E-state index contributed by atoms with van der Waals surface area (Å²) in [4.78, 5) is 3.46. The van der Waals surface area contributed by atoms with Crippen LogP contribution in [0.25, 0.3) is 0 Å². The second-order valence-corrected chi connectivity index (χ2v) is 1.22. The Morgan fingerprint density at radius 3 is 2.75 bits per heavy atom. The Labute approximate surface area is 48.9 Å². The molecule has 0 rings (SSSR count). The summed E-state index contributed by atoms with van der Waals surface area (Å²) in [6.45, 7) is 5.02. The van der Waals surface area contributed by atoms with Crippen LogP contribution in [0.5, 0.6) is 0 Å². The number of hydrogen-bond donors (Lipinski definition) is 1. The molecule has 8 heavy (non-hydrogen) atoms. The van der Waals surface area contributed by atoms with E-state index in [-0.39, 0.29) is 5.88 Å². The van der Waals surface area contributed by atoms with E-state index in [0.29, 0.717) is 0 Å². The minimum absolute atomic E-state index is 0.164. The Balaban J connectivity index is 3.50. The fourth-order valence-corrected chi connectivity index (χ4v) is 0.215. The molecule has 0 fully saturated rings. The molecule has 0 heterocycles. The van der Waals surface area contributed by atoms with Crippen LogP contribution in [0, 0.1) is 0 Å². The van der Waals surface area contributed by atoms with E-state index in [2.05, 4.69) is 11.6 Å². The number of aliphatic hydroxyl groups excluding tert-OH is 1. The average molecular weight is 111 g/mol. The van der Waals surface area contributed by atoms with Crippen molar-refractivity contribution in [1.29, 1.82) is 0 Å². The molecule has 2 heteroatoms. The number of aliphatic hydroxyl groups is 1. The maximum atomic E-state index is 8.35. The van der Waals surface area contributed by atoms with E-state index in [0.717, 1.165) is 0 Å². The van der Waals surface area contributed by atoms with Crippen LogP contribution in [-0.2, 0) is 0 Å². The Morgan fingerprint density at radius 2 is 2.38 bits per heavy atom. The van der Waals surface area contributed by atoms with Crippen LogP contribution in [0.15, 0.2) is 29.6 Å². The number of allylic oxidation sites excluding steroid dienone is 2. The first-order valence-electron chi connectivity index (χ1n) is 2.30. The molecule has 0 aliphatic carbocycles. The zero-order valence-electron chi connectivity index (χ0n) is 4.83. The van der Waals surface area contributed by atoms with E-state index in [1.165, 1.54) is 6.21 Å². The van der Waals surface area contributed by atoms with Crippen molar-refractivity contribution in [2.24, 2.45) is 4.99 Å². The number of aliphatic imine (C=N–C) groups is 1. The van der Waals surface area contributed by atoms with Crippen molar-refractivity contribution in [2.75, 3.05) is 0 Å². The van der Waals surface area contributed by atoms with Gasteiger partial charge in [-0.2, -0.15) is 0 Å². The first-order valence-corrected chi connectivity index (χ1v) is 2.30. The van der Waals surface area contributed by atoms with Gasteiger partial charge in [-0.05, 0) is 19.6 Å². The molecule has 0 amide bonds. The van der Waals surface area contributed by atoms with Crippen molar-refractivity contribution in [3.8, 4) is 0 Å². The van der Waals surface area contributed by atoms with Crippen molar-refractivity contribution in [3.05, 3.63) is 24.6 Å². The van der Waals surface area contributed by atoms with Crippen molar-refractivity contribution in [1.82, 2.24) is 0 Å². The third-order valence-electron chi connectivity index (χ3n) is 0.502. The molecule has 0 atom stereocenters. The zero-order valence-corrected chi connectivity index (χ0v) is 4.83. The molecule has 0 saturated carbocycles. The molecule has 0 bridgehead atoms. The molecule has 0 unspecified atom stereocenters. The summed E-state index contributed by atoms with van der Waals surface area (Å²) in [6.07, 6.45) is 5.00. The summed E-state index contributed by atoms with van der Waals surface area (Å²) in [5.74, 6) is -0.164. The summed E-state index contributed by atoms with van der Waals surface area (Å²) in [5, 5.41) is 8.35. The maximum absolute atomic E-state index is 8.35. The molecule has 0 saturated heterocycles. The van der Waals surface area contributed by atoms with Crippen LogP contribution >= 0.6 is 0 Å². The summed E-state index contributed by atoms with van der Waals surface area (Å²) in [6, 6.07) is 0. The maximum Gasteiger partial charge on any atom is 0.203 e. The lowest BCUT2D eigenvalue weighted by Gasteiger charge is -1.78. The summed E-state index contributed by atoms with van der Waals surface area (Å²) < 4.78 is 0. The largest absolute Gasteiger partial charge is 0.494 e. The molecule has 44 valence electrons. The topological polar surface area (TPSA) is 32.6 Å². The van der Waals surface area contributed by atoms with Gasteiger partial charge in [0, 0.05) is 6.21 Å². The van der Waals surface area contributed by atoms with Gasteiger partial charge in [0.15, 0.2) is 0 Å². The van der Waals surface area contributed by atoms with E-state index in [4.69, 9.17) is 5.11 Å². The molecule has 1 N–H and O–H groups in total. The minimum Gasteiger partial charge on any atom is -0.494 e. The van der Waals surface area contributed by atoms with Gasteiger partial charge in [-0.15, -0.1) is 0 Å². The minimum atomic E-state index is -0.164. The van der Waals surface area contributed by atoms with Crippen LogP contribution in [0.3, 0.4) is 0 Å². The third-order valence-corrected chi connectivity index (χ3v) is 0.502. The van der Waals surface area contributed by atoms with Gasteiger partial charge in [0.2, 0.25) is 5.88 Å². The van der Waals surface area contributed by atoms with Gasteiger partial charge in [0.1, 0.15) is 0 Å². The summed E-state index contributed by atoms with van der Waals surface area (Å²) >= 11 is 0. The monoisotopic (exact) mass is 111 g/mol. The highest BCUT2D eigenvalue weighted by atomic mass is 16.3. The number of rotatable bonds is 2. The second kappa shape index (κ2) is 4.12. The Kier molecular flexibility index (Phi) is 3.58. The van der Waals surface area contributed by atoms with Crippen LogP contribution in [-0.4, -0.2) is 11.3 Å². The lowest BCUT2D eigenvalue weighted by atomic mass is 10.6. The first-order chi connectivity index (χ1) is 3.77. The van der Waals surface area contributed by atoms with E-state index in [1.807, 2.05) is 13.0 Å².